The molecule has 0 spiro atoms. The summed E-state index contributed by atoms with van der Waals surface area (Å²) in [6.45, 7) is 0. The van der Waals surface area contributed by atoms with Crippen LogP contribution in [0.15, 0.2) is 48.5 Å². The zero-order valence-electron chi connectivity index (χ0n) is 12.7. The molecule has 2 aromatic carbocycles. The number of amides is 3. The zero-order valence-corrected chi connectivity index (χ0v) is 12.7. The van der Waals surface area contributed by atoms with Crippen molar-refractivity contribution >= 4 is 29.0 Å². The maximum atomic E-state index is 12.0. The summed E-state index contributed by atoms with van der Waals surface area (Å²) < 4.78 is 0. The fourth-order valence-corrected chi connectivity index (χ4v) is 1.77. The van der Waals surface area contributed by atoms with Gasteiger partial charge >= 0.3 is 6.03 Å². The van der Waals surface area contributed by atoms with Crippen LogP contribution in [-0.2, 0) is 0 Å². The topological polar surface area (TPSA) is 125 Å². The van der Waals surface area contributed by atoms with Crippen LogP contribution in [0, 0.1) is 10.1 Å². The second-order valence-electron chi connectivity index (χ2n) is 4.66. The van der Waals surface area contributed by atoms with Crippen molar-refractivity contribution in [2.24, 2.45) is 0 Å². The Morgan fingerprint density at radius 3 is 2.08 bits per heavy atom. The molecule has 0 saturated carbocycles. The number of non-ortho nitro benzene ring substituents is 1. The van der Waals surface area contributed by atoms with Gasteiger partial charge in [-0.15, -0.1) is 0 Å². The summed E-state index contributed by atoms with van der Waals surface area (Å²) in [5, 5.41) is 15.6. The fraction of sp³-hybridized carbons (Fsp3) is 0.0667. The Balaban J connectivity index is 1.92. The van der Waals surface area contributed by atoms with Gasteiger partial charge < -0.3 is 10.6 Å². The van der Waals surface area contributed by atoms with Gasteiger partial charge in [-0.05, 0) is 36.4 Å². The minimum absolute atomic E-state index is 0.0360. The molecule has 0 bridgehead atoms. The Morgan fingerprint density at radius 1 is 0.958 bits per heavy atom. The highest BCUT2D eigenvalue weighted by molar-refractivity contribution is 5.96. The van der Waals surface area contributed by atoms with Crippen molar-refractivity contribution < 1.29 is 14.5 Å². The summed E-state index contributed by atoms with van der Waals surface area (Å²) in [6, 6.07) is 11.6. The van der Waals surface area contributed by atoms with Crippen LogP contribution >= 0.6 is 0 Å². The van der Waals surface area contributed by atoms with Gasteiger partial charge in [-0.2, -0.15) is 0 Å². The van der Waals surface area contributed by atoms with Gasteiger partial charge in [0.05, 0.1) is 10.6 Å². The first-order valence-electron chi connectivity index (χ1n) is 6.89. The van der Waals surface area contributed by atoms with Crippen molar-refractivity contribution in [3.8, 4) is 0 Å². The van der Waals surface area contributed by atoms with Crippen molar-refractivity contribution in [1.29, 1.82) is 0 Å². The average Bonchev–Trinajstić information content (AvgIpc) is 2.60. The lowest BCUT2D eigenvalue weighted by Crippen LogP contribution is -2.29. The van der Waals surface area contributed by atoms with E-state index in [1.54, 1.807) is 24.3 Å². The van der Waals surface area contributed by atoms with E-state index in [1.165, 1.54) is 31.3 Å². The molecule has 0 aliphatic heterocycles. The number of hydrogen-bond acceptors (Lipinski definition) is 5. The summed E-state index contributed by atoms with van der Waals surface area (Å²) >= 11 is 0. The minimum atomic E-state index is -0.503. The summed E-state index contributed by atoms with van der Waals surface area (Å²) in [4.78, 5) is 33.2. The molecule has 24 heavy (non-hydrogen) atoms. The predicted molar refractivity (Wildman–Crippen MR) is 88.7 cm³/mol. The van der Waals surface area contributed by atoms with E-state index in [1.807, 2.05) is 0 Å². The molecule has 4 N–H and O–H groups in total. The number of anilines is 2. The number of hydrogen-bond donors (Lipinski definition) is 4. The second kappa shape index (κ2) is 7.58. The third-order valence-electron chi connectivity index (χ3n) is 3.03. The third kappa shape index (κ3) is 4.44. The Bertz CT molecular complexity index is 743. The van der Waals surface area contributed by atoms with Crippen LogP contribution in [0.2, 0.25) is 0 Å². The fourth-order valence-electron chi connectivity index (χ4n) is 1.77. The van der Waals surface area contributed by atoms with Gasteiger partial charge in [0.2, 0.25) is 0 Å². The lowest BCUT2D eigenvalue weighted by atomic mass is 10.2. The van der Waals surface area contributed by atoms with Gasteiger partial charge in [0.25, 0.3) is 11.6 Å². The maximum absolute atomic E-state index is 12.0. The van der Waals surface area contributed by atoms with Crippen molar-refractivity contribution in [1.82, 2.24) is 10.7 Å². The quantitative estimate of drug-likeness (QED) is 0.494. The first-order valence-corrected chi connectivity index (χ1v) is 6.89. The van der Waals surface area contributed by atoms with E-state index in [2.05, 4.69) is 21.5 Å². The van der Waals surface area contributed by atoms with Gasteiger partial charge in [-0.3, -0.25) is 25.8 Å². The van der Waals surface area contributed by atoms with E-state index in [0.29, 0.717) is 16.9 Å². The minimum Gasteiger partial charge on any atom is -0.341 e. The molecule has 124 valence electrons. The van der Waals surface area contributed by atoms with Gasteiger partial charge in [-0.25, -0.2) is 4.79 Å². The number of carbonyl (C=O) groups is 2. The van der Waals surface area contributed by atoms with E-state index in [4.69, 9.17) is 0 Å². The molecule has 0 saturated heterocycles. The van der Waals surface area contributed by atoms with Crippen molar-refractivity contribution in [3.05, 3.63) is 64.2 Å². The molecule has 9 heteroatoms. The summed E-state index contributed by atoms with van der Waals surface area (Å²) in [5.41, 5.74) is 6.54. The zero-order chi connectivity index (χ0) is 17.5. The lowest BCUT2D eigenvalue weighted by Gasteiger charge is -2.09. The molecule has 2 aromatic rings. The number of benzene rings is 2. The normalized spacial score (nSPS) is 9.71. The Kier molecular flexibility index (Phi) is 5.29. The number of hydrazine groups is 1. The van der Waals surface area contributed by atoms with Crippen LogP contribution < -0.4 is 21.5 Å². The Labute approximate surface area is 137 Å². The largest absolute Gasteiger partial charge is 0.341 e. The molecule has 0 aromatic heterocycles. The highest BCUT2D eigenvalue weighted by atomic mass is 16.6. The predicted octanol–water partition coefficient (Wildman–Crippen LogP) is 2.10. The molecule has 0 radical (unpaired) electrons. The van der Waals surface area contributed by atoms with Crippen LogP contribution in [0.3, 0.4) is 0 Å². The Hall–Kier alpha value is -3.62. The highest BCUT2D eigenvalue weighted by Crippen LogP contribution is 2.15. The van der Waals surface area contributed by atoms with Gasteiger partial charge in [0.1, 0.15) is 0 Å². The molecule has 0 atom stereocenters. The average molecular weight is 329 g/mol. The number of nitro groups is 1. The van der Waals surface area contributed by atoms with Crippen LogP contribution in [-0.4, -0.2) is 23.9 Å². The number of nitrogens with zero attached hydrogens (tertiary/aromatic N) is 1. The number of nitro benzene ring substituents is 1. The maximum Gasteiger partial charge on any atom is 0.318 e. The smallest absolute Gasteiger partial charge is 0.318 e. The number of rotatable bonds is 5. The van der Waals surface area contributed by atoms with E-state index in [9.17, 15) is 19.7 Å². The van der Waals surface area contributed by atoms with E-state index in [0.717, 1.165) is 0 Å². The molecule has 0 fully saturated rings. The van der Waals surface area contributed by atoms with Crippen molar-refractivity contribution in [2.45, 2.75) is 0 Å². The van der Waals surface area contributed by atoms with E-state index in [-0.39, 0.29) is 17.6 Å². The van der Waals surface area contributed by atoms with Gasteiger partial charge in [-0.1, -0.05) is 0 Å². The molecular weight excluding hydrogens is 314 g/mol. The number of carbonyl (C=O) groups excluding carboxylic acids is 2. The molecule has 3 amide bonds. The monoisotopic (exact) mass is 329 g/mol. The molecule has 9 nitrogen and oxygen atoms in total. The number of nitrogens with one attached hydrogen (secondary N) is 4. The molecule has 0 aliphatic carbocycles. The summed E-state index contributed by atoms with van der Waals surface area (Å²) in [7, 11) is 1.50. The molecule has 0 aliphatic rings. The lowest BCUT2D eigenvalue weighted by molar-refractivity contribution is -0.384. The molecule has 2 rings (SSSR count). The van der Waals surface area contributed by atoms with E-state index < -0.39 is 4.92 Å². The Morgan fingerprint density at radius 2 is 1.54 bits per heavy atom. The van der Waals surface area contributed by atoms with Gasteiger partial charge in [0.15, 0.2) is 0 Å². The van der Waals surface area contributed by atoms with Crippen molar-refractivity contribution in [3.63, 3.8) is 0 Å². The van der Waals surface area contributed by atoms with Crippen molar-refractivity contribution in [2.75, 3.05) is 17.8 Å². The first kappa shape index (κ1) is 16.7. The second-order valence-corrected chi connectivity index (χ2v) is 4.66. The van der Waals surface area contributed by atoms with E-state index >= 15 is 0 Å². The standard InChI is InChI=1S/C15H15N5O4/c1-16-15(22)17-11-4-2-10(3-5-11)14(21)19-18-12-6-8-13(9-7-12)20(23)24/h2-9,18H,1H3,(H,19,21)(H2,16,17,22). The van der Waals surface area contributed by atoms with Crippen LogP contribution in [0.5, 0.6) is 0 Å². The van der Waals surface area contributed by atoms with Crippen LogP contribution in [0.25, 0.3) is 0 Å². The molecule has 0 unspecified atom stereocenters. The SMILES string of the molecule is CNC(=O)Nc1ccc(C(=O)NNc2ccc([N+](=O)[O-])cc2)cc1. The molecular formula is C15H15N5O4. The molecule has 0 heterocycles. The summed E-state index contributed by atoms with van der Waals surface area (Å²) in [5.74, 6) is -0.389. The van der Waals surface area contributed by atoms with Crippen LogP contribution in [0.1, 0.15) is 10.4 Å². The summed E-state index contributed by atoms with van der Waals surface area (Å²) in [6.07, 6.45) is 0. The highest BCUT2D eigenvalue weighted by Gasteiger charge is 2.07. The number of urea groups is 1. The van der Waals surface area contributed by atoms with Gasteiger partial charge in [0, 0.05) is 30.4 Å². The van der Waals surface area contributed by atoms with Crippen LogP contribution in [0.4, 0.5) is 21.9 Å². The first-order chi connectivity index (χ1) is 11.5. The third-order valence-corrected chi connectivity index (χ3v) is 3.03.